The van der Waals surface area contributed by atoms with Crippen LogP contribution in [0.1, 0.15) is 37.6 Å². The number of aryl methyl sites for hydroxylation is 1. The molecule has 0 bridgehead atoms. The first-order valence-corrected chi connectivity index (χ1v) is 9.27. The second-order valence-corrected chi connectivity index (χ2v) is 6.44. The normalized spacial score (nSPS) is 11.9. The van der Waals surface area contributed by atoms with E-state index >= 15 is 0 Å². The van der Waals surface area contributed by atoms with Gasteiger partial charge in [0, 0.05) is 0 Å². The maximum Gasteiger partial charge on any atom is 0.149 e. The predicted molar refractivity (Wildman–Crippen MR) is 106 cm³/mol. The Hall–Kier alpha value is -2.66. The largest absolute Gasteiger partial charge is 0.457 e. The van der Waals surface area contributed by atoms with Gasteiger partial charge in [-0.15, -0.1) is 0 Å². The van der Waals surface area contributed by atoms with Crippen LogP contribution in [0.25, 0.3) is 0 Å². The van der Waals surface area contributed by atoms with E-state index < -0.39 is 0 Å². The molecule has 1 unspecified atom stereocenters. The Bertz CT molecular complexity index is 885. The van der Waals surface area contributed by atoms with Crippen molar-refractivity contribution in [2.24, 2.45) is 0 Å². The van der Waals surface area contributed by atoms with Crippen molar-refractivity contribution < 1.29 is 9.13 Å². The van der Waals surface area contributed by atoms with Crippen molar-refractivity contribution in [3.63, 3.8) is 0 Å². The molecule has 0 aliphatic heterocycles. The van der Waals surface area contributed by atoms with Gasteiger partial charge in [-0.25, -0.2) is 14.4 Å². The fourth-order valence-electron chi connectivity index (χ4n) is 2.75. The van der Waals surface area contributed by atoms with E-state index in [0.717, 1.165) is 24.1 Å². The lowest BCUT2D eigenvalue weighted by Crippen LogP contribution is -2.12. The molecule has 0 saturated carbocycles. The highest BCUT2D eigenvalue weighted by molar-refractivity contribution is 6.33. The van der Waals surface area contributed by atoms with Gasteiger partial charge >= 0.3 is 0 Å². The summed E-state index contributed by atoms with van der Waals surface area (Å²) >= 11 is 6.39. The number of rotatable bonds is 7. The first-order valence-electron chi connectivity index (χ1n) is 8.90. The van der Waals surface area contributed by atoms with Gasteiger partial charge < -0.3 is 10.1 Å². The average Bonchev–Trinajstić information content (AvgIpc) is 2.70. The van der Waals surface area contributed by atoms with E-state index in [9.17, 15) is 4.39 Å². The Balaban J connectivity index is 1.73. The van der Waals surface area contributed by atoms with Crippen LogP contribution in [0.15, 0.2) is 54.9 Å². The lowest BCUT2D eigenvalue weighted by Gasteiger charge is -2.19. The molecule has 1 N–H and O–H groups in total. The number of benzene rings is 2. The molecule has 2 aromatic carbocycles. The van der Waals surface area contributed by atoms with Gasteiger partial charge in [0.15, 0.2) is 0 Å². The molecule has 4 nitrogen and oxygen atoms in total. The fraction of sp³-hybridized carbons (Fsp3) is 0.238. The number of anilines is 1. The van der Waals surface area contributed by atoms with Gasteiger partial charge in [0.2, 0.25) is 0 Å². The molecule has 0 saturated heterocycles. The van der Waals surface area contributed by atoms with Crippen LogP contribution < -0.4 is 10.1 Å². The predicted octanol–water partition coefficient (Wildman–Crippen LogP) is 6.19. The number of hydrogen-bond acceptors (Lipinski definition) is 4. The summed E-state index contributed by atoms with van der Waals surface area (Å²) in [6.45, 7) is 4.10. The van der Waals surface area contributed by atoms with Gasteiger partial charge in [0.1, 0.15) is 34.5 Å². The van der Waals surface area contributed by atoms with Crippen molar-refractivity contribution in [2.75, 3.05) is 5.32 Å². The molecule has 0 amide bonds. The van der Waals surface area contributed by atoms with Crippen LogP contribution in [0.4, 0.5) is 10.2 Å². The molecule has 1 heterocycles. The summed E-state index contributed by atoms with van der Waals surface area (Å²) in [6, 6.07) is 13.8. The van der Waals surface area contributed by atoms with E-state index in [4.69, 9.17) is 16.3 Å². The Morgan fingerprint density at radius 1 is 1.00 bits per heavy atom. The first kappa shape index (κ1) is 19.1. The summed E-state index contributed by atoms with van der Waals surface area (Å²) in [7, 11) is 0. The van der Waals surface area contributed by atoms with E-state index in [1.54, 1.807) is 12.1 Å². The van der Waals surface area contributed by atoms with E-state index in [2.05, 4.69) is 22.2 Å². The molecular weight excluding hydrogens is 365 g/mol. The smallest absolute Gasteiger partial charge is 0.149 e. The number of hydrogen-bond donors (Lipinski definition) is 1. The van der Waals surface area contributed by atoms with Crippen LogP contribution in [-0.4, -0.2) is 9.97 Å². The molecule has 3 rings (SSSR count). The maximum absolute atomic E-state index is 13.0. The summed E-state index contributed by atoms with van der Waals surface area (Å²) in [5, 5.41) is 3.96. The monoisotopic (exact) mass is 385 g/mol. The maximum atomic E-state index is 13.0. The second kappa shape index (κ2) is 8.82. The molecule has 0 radical (unpaired) electrons. The summed E-state index contributed by atoms with van der Waals surface area (Å²) in [5.41, 5.74) is 1.92. The SMILES string of the molecule is CCc1ncnc(NC(CC)c2ccc(Oc3ccc(F)cc3)cc2)c1Cl. The number of nitrogens with one attached hydrogen (secondary N) is 1. The van der Waals surface area contributed by atoms with Crippen molar-refractivity contribution in [1.29, 1.82) is 0 Å². The van der Waals surface area contributed by atoms with Crippen molar-refractivity contribution in [1.82, 2.24) is 9.97 Å². The number of halogens is 2. The zero-order chi connectivity index (χ0) is 19.2. The highest BCUT2D eigenvalue weighted by Crippen LogP contribution is 2.29. The van der Waals surface area contributed by atoms with Crippen molar-refractivity contribution in [2.45, 2.75) is 32.7 Å². The minimum atomic E-state index is -0.288. The van der Waals surface area contributed by atoms with E-state index in [1.807, 2.05) is 31.2 Å². The molecule has 0 spiro atoms. The van der Waals surface area contributed by atoms with Crippen LogP contribution in [0.3, 0.4) is 0 Å². The Morgan fingerprint density at radius 3 is 2.22 bits per heavy atom. The summed E-state index contributed by atoms with van der Waals surface area (Å²) in [6.07, 6.45) is 3.14. The van der Waals surface area contributed by atoms with Crippen LogP contribution in [0, 0.1) is 5.82 Å². The number of ether oxygens (including phenoxy) is 1. The van der Waals surface area contributed by atoms with E-state index in [1.165, 1.54) is 18.5 Å². The van der Waals surface area contributed by atoms with Gasteiger partial charge in [0.25, 0.3) is 0 Å². The molecule has 0 aliphatic rings. The molecule has 0 aliphatic carbocycles. The quantitative estimate of drug-likeness (QED) is 0.527. The topological polar surface area (TPSA) is 47.0 Å². The van der Waals surface area contributed by atoms with Crippen molar-refractivity contribution >= 4 is 17.4 Å². The van der Waals surface area contributed by atoms with E-state index in [-0.39, 0.29) is 11.9 Å². The molecule has 6 heteroatoms. The summed E-state index contributed by atoms with van der Waals surface area (Å²) in [4.78, 5) is 8.47. The van der Waals surface area contributed by atoms with Gasteiger partial charge in [-0.3, -0.25) is 0 Å². The fourth-order valence-corrected chi connectivity index (χ4v) is 3.03. The van der Waals surface area contributed by atoms with Crippen molar-refractivity contribution in [3.8, 4) is 11.5 Å². The highest BCUT2D eigenvalue weighted by atomic mass is 35.5. The third-order valence-electron chi connectivity index (χ3n) is 4.25. The van der Waals surface area contributed by atoms with Crippen molar-refractivity contribution in [3.05, 3.63) is 77.0 Å². The van der Waals surface area contributed by atoms with Crippen LogP contribution in [-0.2, 0) is 6.42 Å². The molecule has 3 aromatic rings. The molecular formula is C21H21ClFN3O. The number of aromatic nitrogens is 2. The molecule has 140 valence electrons. The third kappa shape index (κ3) is 4.74. The van der Waals surface area contributed by atoms with Gasteiger partial charge in [0.05, 0.1) is 11.7 Å². The van der Waals surface area contributed by atoms with Gasteiger partial charge in [-0.2, -0.15) is 0 Å². The molecule has 27 heavy (non-hydrogen) atoms. The third-order valence-corrected chi connectivity index (χ3v) is 4.64. The minimum Gasteiger partial charge on any atom is -0.457 e. The Kier molecular flexibility index (Phi) is 6.24. The van der Waals surface area contributed by atoms with Gasteiger partial charge in [-0.1, -0.05) is 37.6 Å². The van der Waals surface area contributed by atoms with Gasteiger partial charge in [-0.05, 0) is 54.8 Å². The Morgan fingerprint density at radius 2 is 1.63 bits per heavy atom. The Labute approximate surface area is 163 Å². The lowest BCUT2D eigenvalue weighted by molar-refractivity contribution is 0.480. The molecule has 0 fully saturated rings. The highest BCUT2D eigenvalue weighted by Gasteiger charge is 2.14. The average molecular weight is 386 g/mol. The molecule has 1 aromatic heterocycles. The minimum absolute atomic E-state index is 0.0574. The summed E-state index contributed by atoms with van der Waals surface area (Å²) < 4.78 is 18.7. The molecule has 1 atom stereocenters. The second-order valence-electron chi connectivity index (χ2n) is 6.07. The number of nitrogens with zero attached hydrogens (tertiary/aromatic N) is 2. The lowest BCUT2D eigenvalue weighted by atomic mass is 10.0. The zero-order valence-electron chi connectivity index (χ0n) is 15.2. The van der Waals surface area contributed by atoms with Crippen LogP contribution in [0.5, 0.6) is 11.5 Å². The van der Waals surface area contributed by atoms with Crippen LogP contribution >= 0.6 is 11.6 Å². The zero-order valence-corrected chi connectivity index (χ0v) is 16.0. The standard InChI is InChI=1S/C21H21ClFN3O/c1-3-18(26-21-20(22)19(4-2)24-13-25-21)14-5-9-16(10-6-14)27-17-11-7-15(23)8-12-17/h5-13,18H,3-4H2,1-2H3,(H,24,25,26). The van der Waals surface area contributed by atoms with Crippen LogP contribution in [0.2, 0.25) is 5.02 Å². The van der Waals surface area contributed by atoms with E-state index in [0.29, 0.717) is 22.3 Å². The summed E-state index contributed by atoms with van der Waals surface area (Å²) in [5.74, 6) is 1.63. The first-order chi connectivity index (χ1) is 13.1.